The van der Waals surface area contributed by atoms with E-state index in [-0.39, 0.29) is 24.2 Å². The van der Waals surface area contributed by atoms with E-state index in [1.807, 2.05) is 0 Å². The van der Waals surface area contributed by atoms with Gasteiger partial charge in [0.05, 0.1) is 0 Å². The first-order valence-electron chi connectivity index (χ1n) is 7.93. The quantitative estimate of drug-likeness (QED) is 0.690. The summed E-state index contributed by atoms with van der Waals surface area (Å²) in [6, 6.07) is -0.431. The van der Waals surface area contributed by atoms with Crippen LogP contribution in [-0.2, 0) is 9.59 Å². The lowest BCUT2D eigenvalue weighted by atomic mass is 9.87. The van der Waals surface area contributed by atoms with Crippen molar-refractivity contribution in [3.8, 4) is 0 Å². The van der Waals surface area contributed by atoms with Crippen LogP contribution in [-0.4, -0.2) is 37.5 Å². The van der Waals surface area contributed by atoms with Gasteiger partial charge < -0.3 is 16.0 Å². The van der Waals surface area contributed by atoms with Crippen LogP contribution in [0.15, 0.2) is 0 Å². The maximum absolute atomic E-state index is 11.9. The molecule has 0 radical (unpaired) electrons. The molecule has 0 aromatic heterocycles. The summed E-state index contributed by atoms with van der Waals surface area (Å²) in [5.41, 5.74) is 0. The van der Waals surface area contributed by atoms with E-state index in [9.17, 15) is 9.59 Å². The first kappa shape index (κ1) is 18.2. The number of carbonyl (C=O) groups is 2. The smallest absolute Gasteiger partial charge is 0.242 e. The molecule has 1 atom stereocenters. The van der Waals surface area contributed by atoms with E-state index in [0.29, 0.717) is 24.8 Å². The molecular formula is C15H28ClN3O2. The zero-order chi connectivity index (χ0) is 14.4. The van der Waals surface area contributed by atoms with E-state index in [2.05, 4.69) is 16.0 Å². The topological polar surface area (TPSA) is 70.2 Å². The third-order valence-electron chi connectivity index (χ3n) is 4.40. The predicted molar refractivity (Wildman–Crippen MR) is 85.4 cm³/mol. The Labute approximate surface area is 133 Å². The maximum Gasteiger partial charge on any atom is 0.242 e. The molecule has 1 saturated heterocycles. The highest BCUT2D eigenvalue weighted by molar-refractivity contribution is 5.87. The van der Waals surface area contributed by atoms with Crippen LogP contribution in [0.1, 0.15) is 45.4 Å². The zero-order valence-electron chi connectivity index (χ0n) is 12.8. The van der Waals surface area contributed by atoms with Crippen molar-refractivity contribution < 1.29 is 9.59 Å². The van der Waals surface area contributed by atoms with E-state index < -0.39 is 6.04 Å². The normalized spacial score (nSPS) is 20.8. The second-order valence-corrected chi connectivity index (χ2v) is 6.27. The highest BCUT2D eigenvalue weighted by Crippen LogP contribution is 2.26. The summed E-state index contributed by atoms with van der Waals surface area (Å²) >= 11 is 0. The first-order chi connectivity index (χ1) is 9.65. The van der Waals surface area contributed by atoms with Gasteiger partial charge in [0.1, 0.15) is 6.04 Å². The second kappa shape index (κ2) is 9.26. The van der Waals surface area contributed by atoms with Gasteiger partial charge in [0, 0.05) is 32.0 Å². The first-order valence-corrected chi connectivity index (χ1v) is 7.93. The second-order valence-electron chi connectivity index (χ2n) is 6.27. The molecule has 2 fully saturated rings. The monoisotopic (exact) mass is 317 g/mol. The number of halogens is 1. The number of hydrogen-bond donors (Lipinski definition) is 3. The molecule has 3 N–H and O–H groups in total. The Morgan fingerprint density at radius 1 is 1.14 bits per heavy atom. The summed E-state index contributed by atoms with van der Waals surface area (Å²) in [6.45, 7) is 4.41. The van der Waals surface area contributed by atoms with Crippen molar-refractivity contribution >= 4 is 24.2 Å². The van der Waals surface area contributed by atoms with E-state index in [1.165, 1.54) is 19.3 Å². The Bertz CT molecular complexity index is 342. The molecular weight excluding hydrogens is 290 g/mol. The number of hydrogen-bond acceptors (Lipinski definition) is 3. The van der Waals surface area contributed by atoms with Crippen LogP contribution in [0.5, 0.6) is 0 Å². The summed E-state index contributed by atoms with van der Waals surface area (Å²) in [5, 5.41) is 8.89. The number of carbonyl (C=O) groups excluding carboxylic acids is 2. The largest absolute Gasteiger partial charge is 0.354 e. The van der Waals surface area contributed by atoms with Gasteiger partial charge in [0.2, 0.25) is 11.8 Å². The molecule has 1 aliphatic heterocycles. The molecule has 0 aromatic carbocycles. The van der Waals surface area contributed by atoms with Crippen molar-refractivity contribution in [1.82, 2.24) is 16.0 Å². The average Bonchev–Trinajstić information content (AvgIpc) is 2.37. The minimum absolute atomic E-state index is 0. The summed E-state index contributed by atoms with van der Waals surface area (Å²) < 4.78 is 0. The van der Waals surface area contributed by atoms with Crippen LogP contribution in [0.2, 0.25) is 0 Å². The fourth-order valence-electron chi connectivity index (χ4n) is 2.91. The molecule has 5 nitrogen and oxygen atoms in total. The molecule has 1 heterocycles. The molecule has 2 aliphatic rings. The minimum Gasteiger partial charge on any atom is -0.354 e. The Morgan fingerprint density at radius 3 is 2.38 bits per heavy atom. The fourth-order valence-corrected chi connectivity index (χ4v) is 2.91. The number of nitrogens with one attached hydrogen (secondary N) is 3. The molecule has 122 valence electrons. The highest BCUT2D eigenvalue weighted by Gasteiger charge is 2.22. The molecule has 2 rings (SSSR count). The summed E-state index contributed by atoms with van der Waals surface area (Å²) in [5.74, 6) is 1.00. The van der Waals surface area contributed by atoms with Gasteiger partial charge in [-0.1, -0.05) is 19.3 Å². The standard InChI is InChI=1S/C15H27N3O2.ClH/c1-11(15(20)17-10-13-8-16-9-13)18-14(19)7-12-5-3-2-4-6-12;/h11-13,16H,2-10H2,1H3,(H,17,20)(H,18,19);1H. The molecule has 1 saturated carbocycles. The molecule has 0 spiro atoms. The van der Waals surface area contributed by atoms with Crippen LogP contribution in [0.3, 0.4) is 0 Å². The van der Waals surface area contributed by atoms with E-state index in [1.54, 1.807) is 6.92 Å². The van der Waals surface area contributed by atoms with Crippen LogP contribution >= 0.6 is 12.4 Å². The lowest BCUT2D eigenvalue weighted by Gasteiger charge is -2.27. The SMILES string of the molecule is CC(NC(=O)CC1CCCCC1)C(=O)NCC1CNC1.Cl. The Hall–Kier alpha value is -0.810. The van der Waals surface area contributed by atoms with Crippen LogP contribution < -0.4 is 16.0 Å². The predicted octanol–water partition coefficient (Wildman–Crippen LogP) is 1.22. The van der Waals surface area contributed by atoms with E-state index in [4.69, 9.17) is 0 Å². The van der Waals surface area contributed by atoms with Gasteiger partial charge >= 0.3 is 0 Å². The third kappa shape index (κ3) is 6.22. The number of rotatable bonds is 6. The number of amides is 2. The Morgan fingerprint density at radius 2 is 1.81 bits per heavy atom. The van der Waals surface area contributed by atoms with Gasteiger partial charge in [-0.15, -0.1) is 12.4 Å². The molecule has 6 heteroatoms. The van der Waals surface area contributed by atoms with Gasteiger partial charge in [0.25, 0.3) is 0 Å². The third-order valence-corrected chi connectivity index (χ3v) is 4.40. The summed E-state index contributed by atoms with van der Waals surface area (Å²) in [4.78, 5) is 23.8. The van der Waals surface area contributed by atoms with Gasteiger partial charge in [-0.3, -0.25) is 9.59 Å². The van der Waals surface area contributed by atoms with Crippen molar-refractivity contribution in [2.75, 3.05) is 19.6 Å². The lowest BCUT2D eigenvalue weighted by molar-refractivity contribution is -0.129. The van der Waals surface area contributed by atoms with Gasteiger partial charge in [-0.05, 0) is 25.7 Å². The summed E-state index contributed by atoms with van der Waals surface area (Å²) in [6.07, 6.45) is 6.66. The van der Waals surface area contributed by atoms with Crippen molar-refractivity contribution in [3.05, 3.63) is 0 Å². The van der Waals surface area contributed by atoms with Crippen molar-refractivity contribution in [3.63, 3.8) is 0 Å². The average molecular weight is 318 g/mol. The summed E-state index contributed by atoms with van der Waals surface area (Å²) in [7, 11) is 0. The minimum atomic E-state index is -0.431. The zero-order valence-corrected chi connectivity index (χ0v) is 13.6. The Kier molecular flexibility index (Phi) is 8.04. The van der Waals surface area contributed by atoms with Gasteiger partial charge in [-0.25, -0.2) is 0 Å². The van der Waals surface area contributed by atoms with Gasteiger partial charge in [0.15, 0.2) is 0 Å². The van der Waals surface area contributed by atoms with Crippen molar-refractivity contribution in [1.29, 1.82) is 0 Å². The van der Waals surface area contributed by atoms with E-state index in [0.717, 1.165) is 25.9 Å². The molecule has 2 amide bonds. The highest BCUT2D eigenvalue weighted by atomic mass is 35.5. The lowest BCUT2D eigenvalue weighted by Crippen LogP contribution is -2.51. The fraction of sp³-hybridized carbons (Fsp3) is 0.867. The molecule has 0 aromatic rings. The van der Waals surface area contributed by atoms with Crippen molar-refractivity contribution in [2.24, 2.45) is 11.8 Å². The maximum atomic E-state index is 11.9. The van der Waals surface area contributed by atoms with Crippen molar-refractivity contribution in [2.45, 2.75) is 51.5 Å². The van der Waals surface area contributed by atoms with Crippen LogP contribution in [0.4, 0.5) is 0 Å². The Balaban J connectivity index is 0.00000220. The van der Waals surface area contributed by atoms with Crippen LogP contribution in [0, 0.1) is 11.8 Å². The molecule has 1 unspecified atom stereocenters. The molecule has 0 bridgehead atoms. The molecule has 1 aliphatic carbocycles. The van der Waals surface area contributed by atoms with Crippen LogP contribution in [0.25, 0.3) is 0 Å². The molecule has 21 heavy (non-hydrogen) atoms. The van der Waals surface area contributed by atoms with E-state index >= 15 is 0 Å². The van der Waals surface area contributed by atoms with Gasteiger partial charge in [-0.2, -0.15) is 0 Å².